The minimum atomic E-state index is -0.972. The van der Waals surface area contributed by atoms with Gasteiger partial charge in [-0.2, -0.15) is 0 Å². The molecule has 1 amide bonds. The van der Waals surface area contributed by atoms with Crippen LogP contribution in [0.1, 0.15) is 53.9 Å². The minimum Gasteiger partial charge on any atom is -0.497 e. The van der Waals surface area contributed by atoms with Crippen molar-refractivity contribution in [1.29, 1.82) is 0 Å². The normalized spacial score (nSPS) is 14.5. The number of ether oxygens (including phenoxy) is 1. The third-order valence-electron chi connectivity index (χ3n) is 6.50. The number of hydrogen-bond donors (Lipinski definition) is 1. The first-order chi connectivity index (χ1) is 15.4. The van der Waals surface area contributed by atoms with Gasteiger partial charge in [0.25, 0.3) is 0 Å². The highest BCUT2D eigenvalue weighted by Gasteiger charge is 2.28. The second-order valence-electron chi connectivity index (χ2n) is 8.74. The lowest BCUT2D eigenvalue weighted by Crippen LogP contribution is -2.26. The number of carboxylic acid groups (broad SMARTS) is 1. The fraction of sp³-hybridized carbons (Fsp3) is 0.385. The van der Waals surface area contributed by atoms with Crippen LogP contribution in [-0.2, 0) is 11.3 Å². The number of rotatable bonds is 6. The largest absolute Gasteiger partial charge is 0.497 e. The number of nitrogens with zero attached hydrogens (tertiary/aromatic N) is 2. The van der Waals surface area contributed by atoms with E-state index in [0.29, 0.717) is 5.92 Å². The Bertz CT molecular complexity index is 1160. The molecule has 1 aliphatic carbocycles. The third-order valence-corrected chi connectivity index (χ3v) is 6.50. The standard InChI is InChI=1S/C26H30N2O4/c1-27(2)23(29)16-28-22-15-19(26(30)31)12-13-21(22)24(17-8-5-4-6-9-17)25(28)18-10-7-11-20(14-18)32-3/h7,10-15,17H,4-6,8-9,16H2,1-3H3,(H,30,31). The topological polar surface area (TPSA) is 71.8 Å². The lowest BCUT2D eigenvalue weighted by molar-refractivity contribution is -0.129. The van der Waals surface area contributed by atoms with Gasteiger partial charge in [-0.15, -0.1) is 0 Å². The van der Waals surface area contributed by atoms with Gasteiger partial charge in [-0.05, 0) is 48.6 Å². The number of likely N-dealkylation sites (N-methyl/N-ethyl adjacent to an activating group) is 1. The lowest BCUT2D eigenvalue weighted by atomic mass is 9.81. The van der Waals surface area contributed by atoms with Crippen LogP contribution in [0.4, 0.5) is 0 Å². The van der Waals surface area contributed by atoms with Crippen LogP contribution in [0, 0.1) is 0 Å². The molecule has 1 aliphatic rings. The minimum absolute atomic E-state index is 0.0398. The highest BCUT2D eigenvalue weighted by Crippen LogP contribution is 2.44. The summed E-state index contributed by atoms with van der Waals surface area (Å²) in [5.74, 6) is 0.112. The number of aromatic nitrogens is 1. The van der Waals surface area contributed by atoms with Crippen LogP contribution in [0.15, 0.2) is 42.5 Å². The van der Waals surface area contributed by atoms with E-state index in [1.54, 1.807) is 38.2 Å². The maximum atomic E-state index is 12.8. The van der Waals surface area contributed by atoms with Gasteiger partial charge in [-0.3, -0.25) is 4.79 Å². The SMILES string of the molecule is COc1cccc(-c2c(C3CCCCC3)c3ccc(C(=O)O)cc3n2CC(=O)N(C)C)c1. The Kier molecular flexibility index (Phi) is 6.21. The van der Waals surface area contributed by atoms with E-state index in [4.69, 9.17) is 4.74 Å². The molecule has 0 spiro atoms. The van der Waals surface area contributed by atoms with E-state index in [1.165, 1.54) is 24.8 Å². The number of amides is 1. The van der Waals surface area contributed by atoms with E-state index in [-0.39, 0.29) is 18.0 Å². The highest BCUT2D eigenvalue weighted by molar-refractivity contribution is 5.99. The molecule has 1 aromatic heterocycles. The van der Waals surface area contributed by atoms with Crippen LogP contribution in [0.25, 0.3) is 22.2 Å². The van der Waals surface area contributed by atoms with Gasteiger partial charge in [0, 0.05) is 25.0 Å². The average Bonchev–Trinajstić information content (AvgIpc) is 3.12. The summed E-state index contributed by atoms with van der Waals surface area (Å²) < 4.78 is 7.49. The van der Waals surface area contributed by atoms with Crippen molar-refractivity contribution in [2.75, 3.05) is 21.2 Å². The van der Waals surface area contributed by atoms with Gasteiger partial charge in [0.2, 0.25) is 5.91 Å². The predicted octanol–water partition coefficient (Wildman–Crippen LogP) is 5.15. The van der Waals surface area contributed by atoms with Gasteiger partial charge in [0.15, 0.2) is 0 Å². The quantitative estimate of drug-likeness (QED) is 0.582. The molecule has 1 heterocycles. The first kappa shape index (κ1) is 21.9. The summed E-state index contributed by atoms with van der Waals surface area (Å²) in [5.41, 5.74) is 4.20. The van der Waals surface area contributed by atoms with Gasteiger partial charge in [0.05, 0.1) is 23.9 Å². The first-order valence-electron chi connectivity index (χ1n) is 11.1. The molecule has 32 heavy (non-hydrogen) atoms. The van der Waals surface area contributed by atoms with Crippen LogP contribution in [0.3, 0.4) is 0 Å². The van der Waals surface area contributed by atoms with Gasteiger partial charge < -0.3 is 19.3 Å². The zero-order valence-corrected chi connectivity index (χ0v) is 18.9. The fourth-order valence-corrected chi connectivity index (χ4v) is 4.84. The van der Waals surface area contributed by atoms with E-state index in [0.717, 1.165) is 40.8 Å². The molecule has 6 nitrogen and oxygen atoms in total. The van der Waals surface area contributed by atoms with E-state index < -0.39 is 5.97 Å². The van der Waals surface area contributed by atoms with Crippen molar-refractivity contribution < 1.29 is 19.4 Å². The third kappa shape index (κ3) is 4.09. The highest BCUT2D eigenvalue weighted by atomic mass is 16.5. The van der Waals surface area contributed by atoms with E-state index in [2.05, 4.69) is 0 Å². The monoisotopic (exact) mass is 434 g/mol. The van der Waals surface area contributed by atoms with Crippen molar-refractivity contribution in [3.05, 3.63) is 53.6 Å². The summed E-state index contributed by atoms with van der Waals surface area (Å²) >= 11 is 0. The molecule has 6 heteroatoms. The summed E-state index contributed by atoms with van der Waals surface area (Å²) in [7, 11) is 5.12. The Hall–Kier alpha value is -3.28. The number of carbonyl (C=O) groups excluding carboxylic acids is 1. The molecule has 1 fully saturated rings. The molecule has 0 radical (unpaired) electrons. The predicted molar refractivity (Wildman–Crippen MR) is 125 cm³/mol. The molecule has 1 N–H and O–H groups in total. The molecule has 0 atom stereocenters. The molecule has 0 unspecified atom stereocenters. The van der Waals surface area contributed by atoms with E-state index in [9.17, 15) is 14.7 Å². The fourth-order valence-electron chi connectivity index (χ4n) is 4.84. The van der Waals surface area contributed by atoms with Crippen molar-refractivity contribution in [2.45, 2.75) is 44.6 Å². The molecular formula is C26H30N2O4. The van der Waals surface area contributed by atoms with Gasteiger partial charge in [-0.25, -0.2) is 4.79 Å². The van der Waals surface area contributed by atoms with Gasteiger partial charge in [0.1, 0.15) is 12.3 Å². The van der Waals surface area contributed by atoms with Gasteiger partial charge in [-0.1, -0.05) is 37.5 Å². The molecule has 0 aliphatic heterocycles. The van der Waals surface area contributed by atoms with Crippen molar-refractivity contribution >= 4 is 22.8 Å². The summed E-state index contributed by atoms with van der Waals surface area (Å²) in [6.45, 7) is 0.145. The average molecular weight is 435 g/mol. The van der Waals surface area contributed by atoms with Crippen molar-refractivity contribution in [3.63, 3.8) is 0 Å². The zero-order chi connectivity index (χ0) is 22.8. The summed E-state index contributed by atoms with van der Waals surface area (Å²) in [4.78, 5) is 26.1. The molecular weight excluding hydrogens is 404 g/mol. The maximum absolute atomic E-state index is 12.8. The second-order valence-corrected chi connectivity index (χ2v) is 8.74. The van der Waals surface area contributed by atoms with E-state index >= 15 is 0 Å². The zero-order valence-electron chi connectivity index (χ0n) is 18.9. The Morgan fingerprint density at radius 2 is 1.84 bits per heavy atom. The van der Waals surface area contributed by atoms with Crippen LogP contribution in [0.5, 0.6) is 5.75 Å². The molecule has 4 rings (SSSR count). The molecule has 0 bridgehead atoms. The smallest absolute Gasteiger partial charge is 0.335 e. The first-order valence-corrected chi connectivity index (χ1v) is 11.1. The van der Waals surface area contributed by atoms with Crippen molar-refractivity contribution in [2.24, 2.45) is 0 Å². The molecule has 168 valence electrons. The number of fused-ring (bicyclic) bond motifs is 1. The number of carboxylic acids is 1. The number of benzene rings is 2. The summed E-state index contributed by atoms with van der Waals surface area (Å²) in [5, 5.41) is 10.6. The number of methoxy groups -OCH3 is 1. The Labute approximate surface area is 188 Å². The Morgan fingerprint density at radius 3 is 2.50 bits per heavy atom. The Morgan fingerprint density at radius 1 is 1.09 bits per heavy atom. The van der Waals surface area contributed by atoms with Gasteiger partial charge >= 0.3 is 5.97 Å². The summed E-state index contributed by atoms with van der Waals surface area (Å²) in [6, 6.07) is 13.2. The maximum Gasteiger partial charge on any atom is 0.335 e. The van der Waals surface area contributed by atoms with Crippen LogP contribution < -0.4 is 4.74 Å². The van der Waals surface area contributed by atoms with Crippen LogP contribution in [0.2, 0.25) is 0 Å². The molecule has 1 saturated carbocycles. The molecule has 3 aromatic rings. The molecule has 2 aromatic carbocycles. The Balaban J connectivity index is 2.05. The van der Waals surface area contributed by atoms with Crippen molar-refractivity contribution in [3.8, 4) is 17.0 Å². The van der Waals surface area contributed by atoms with Crippen LogP contribution in [-0.4, -0.2) is 47.7 Å². The summed E-state index contributed by atoms with van der Waals surface area (Å²) in [6.07, 6.45) is 5.79. The number of aromatic carboxylic acids is 1. The number of hydrogen-bond acceptors (Lipinski definition) is 3. The lowest BCUT2D eigenvalue weighted by Gasteiger charge is -2.24. The second kappa shape index (κ2) is 9.07. The molecule has 0 saturated heterocycles. The van der Waals surface area contributed by atoms with E-state index in [1.807, 2.05) is 34.9 Å². The van der Waals surface area contributed by atoms with Crippen molar-refractivity contribution in [1.82, 2.24) is 9.47 Å². The van der Waals surface area contributed by atoms with Crippen LogP contribution >= 0.6 is 0 Å². The number of carbonyl (C=O) groups is 2.